The zero-order valence-corrected chi connectivity index (χ0v) is 11.5. The van der Waals surface area contributed by atoms with E-state index in [1.165, 1.54) is 81.9 Å². The predicted molar refractivity (Wildman–Crippen MR) is 73.1 cm³/mol. The molecule has 1 saturated heterocycles. The second-order valence-corrected chi connectivity index (χ2v) is 5.74. The van der Waals surface area contributed by atoms with E-state index in [9.17, 15) is 0 Å². The average Bonchev–Trinajstić information content (AvgIpc) is 2.78. The van der Waals surface area contributed by atoms with Gasteiger partial charge in [0.15, 0.2) is 0 Å². The lowest BCUT2D eigenvalue weighted by Crippen LogP contribution is -2.54. The predicted octanol–water partition coefficient (Wildman–Crippen LogP) is 2.08. The van der Waals surface area contributed by atoms with Gasteiger partial charge in [0, 0.05) is 12.8 Å². The molecule has 0 bridgehead atoms. The fraction of sp³-hybridized carbons (Fsp3) is 1.00. The van der Waals surface area contributed by atoms with Crippen molar-refractivity contribution >= 4 is 0 Å². The molecule has 17 heavy (non-hydrogen) atoms. The lowest BCUT2D eigenvalue weighted by atomic mass is 9.92. The summed E-state index contributed by atoms with van der Waals surface area (Å²) in [6, 6.07) is 1.05. The van der Waals surface area contributed by atoms with Crippen LogP contribution < -0.4 is 0 Å². The van der Waals surface area contributed by atoms with Crippen molar-refractivity contribution in [3.8, 4) is 0 Å². The van der Waals surface area contributed by atoms with Crippen LogP contribution >= 0.6 is 0 Å². The van der Waals surface area contributed by atoms with Crippen LogP contribution in [0.5, 0.6) is 0 Å². The molecule has 2 aliphatic rings. The van der Waals surface area contributed by atoms with E-state index in [2.05, 4.69) is 6.92 Å². The van der Waals surface area contributed by atoms with E-state index in [4.69, 9.17) is 0 Å². The molecule has 3 heteroatoms. The molecule has 0 atom stereocenters. The number of likely N-dealkylation sites (tertiary alicyclic amines) is 1. The molecule has 3 nitrogen and oxygen atoms in total. The van der Waals surface area contributed by atoms with E-state index in [1.807, 2.05) is 0 Å². The van der Waals surface area contributed by atoms with E-state index in [1.54, 1.807) is 0 Å². The first kappa shape index (κ1) is 16.9. The molecule has 4 N–H and O–H groups in total. The van der Waals surface area contributed by atoms with E-state index >= 15 is 0 Å². The number of quaternary nitrogens is 1. The smallest absolute Gasteiger partial charge is 0.0890 e. The van der Waals surface area contributed by atoms with Gasteiger partial charge >= 0.3 is 0 Å². The Balaban J connectivity index is 0.00000128. The van der Waals surface area contributed by atoms with Crippen molar-refractivity contribution in [1.29, 1.82) is 0 Å². The number of hydrogen-bond donors (Lipinski definition) is 0. The summed E-state index contributed by atoms with van der Waals surface area (Å²) in [6.45, 7) is 6.84. The van der Waals surface area contributed by atoms with Crippen molar-refractivity contribution in [2.24, 2.45) is 0 Å². The molecule has 2 rings (SSSR count). The van der Waals surface area contributed by atoms with Crippen molar-refractivity contribution in [3.63, 3.8) is 0 Å². The van der Waals surface area contributed by atoms with Crippen LogP contribution in [0.1, 0.15) is 64.7 Å². The SMILES string of the molecule is CCCC[N+]1(C2CCCCC2)CCCC1.O.O. The molecular formula is C14H32NO2+. The summed E-state index contributed by atoms with van der Waals surface area (Å²) in [6.07, 6.45) is 13.4. The molecule has 0 unspecified atom stereocenters. The van der Waals surface area contributed by atoms with Crippen molar-refractivity contribution in [2.75, 3.05) is 19.6 Å². The molecule has 1 saturated carbocycles. The maximum atomic E-state index is 2.34. The highest BCUT2D eigenvalue weighted by atomic mass is 16.0. The van der Waals surface area contributed by atoms with Gasteiger partial charge in [0.05, 0.1) is 25.7 Å². The van der Waals surface area contributed by atoms with Crippen molar-refractivity contribution in [1.82, 2.24) is 0 Å². The Bertz CT molecular complexity index is 185. The number of nitrogens with zero attached hydrogens (tertiary/aromatic N) is 1. The normalized spacial score (nSPS) is 23.8. The van der Waals surface area contributed by atoms with Crippen LogP contribution in [0.4, 0.5) is 0 Å². The van der Waals surface area contributed by atoms with Gasteiger partial charge in [0.25, 0.3) is 0 Å². The third-order valence-corrected chi connectivity index (χ3v) is 4.76. The Kier molecular flexibility index (Phi) is 8.01. The summed E-state index contributed by atoms with van der Waals surface area (Å²) in [5.74, 6) is 0. The molecule has 2 fully saturated rings. The minimum absolute atomic E-state index is 0. The fourth-order valence-electron chi connectivity index (χ4n) is 3.84. The van der Waals surface area contributed by atoms with E-state index in [0.717, 1.165) is 6.04 Å². The van der Waals surface area contributed by atoms with Gasteiger partial charge in [-0.05, 0) is 32.1 Å². The molecule has 0 spiro atoms. The van der Waals surface area contributed by atoms with Crippen molar-refractivity contribution in [3.05, 3.63) is 0 Å². The van der Waals surface area contributed by atoms with E-state index < -0.39 is 0 Å². The highest BCUT2D eigenvalue weighted by molar-refractivity contribution is 4.70. The van der Waals surface area contributed by atoms with Crippen LogP contribution in [-0.2, 0) is 0 Å². The zero-order chi connectivity index (χ0) is 10.6. The maximum absolute atomic E-state index is 2.34. The molecule has 0 aromatic carbocycles. The summed E-state index contributed by atoms with van der Waals surface area (Å²) in [7, 11) is 0. The third kappa shape index (κ3) is 3.94. The first-order chi connectivity index (χ1) is 7.37. The highest BCUT2D eigenvalue weighted by Gasteiger charge is 2.39. The van der Waals surface area contributed by atoms with Gasteiger partial charge in [-0.3, -0.25) is 0 Å². The second-order valence-electron chi connectivity index (χ2n) is 5.74. The standard InChI is InChI=1S/C14H28N.2H2O/c1-2-3-11-15(12-7-8-13-15)14-9-5-4-6-10-14;;/h14H,2-13H2,1H3;2*1H2/q+1;;. The minimum Gasteiger partial charge on any atom is -0.412 e. The topological polar surface area (TPSA) is 63.0 Å². The molecule has 1 heterocycles. The average molecular weight is 246 g/mol. The van der Waals surface area contributed by atoms with Gasteiger partial charge in [0.1, 0.15) is 0 Å². The van der Waals surface area contributed by atoms with Gasteiger partial charge in [-0.25, -0.2) is 0 Å². The van der Waals surface area contributed by atoms with Crippen LogP contribution in [0.3, 0.4) is 0 Å². The molecule has 0 aromatic rings. The van der Waals surface area contributed by atoms with Crippen LogP contribution in [0.25, 0.3) is 0 Å². The van der Waals surface area contributed by atoms with Gasteiger partial charge in [0.2, 0.25) is 0 Å². The monoisotopic (exact) mass is 246 g/mol. The molecule has 104 valence electrons. The second kappa shape index (κ2) is 8.06. The van der Waals surface area contributed by atoms with Gasteiger partial charge in [-0.2, -0.15) is 0 Å². The van der Waals surface area contributed by atoms with Crippen LogP contribution in [0.15, 0.2) is 0 Å². The van der Waals surface area contributed by atoms with Gasteiger partial charge < -0.3 is 15.4 Å². The van der Waals surface area contributed by atoms with Gasteiger partial charge in [-0.15, -0.1) is 0 Å². The van der Waals surface area contributed by atoms with Crippen LogP contribution in [0.2, 0.25) is 0 Å². The third-order valence-electron chi connectivity index (χ3n) is 4.76. The lowest BCUT2D eigenvalue weighted by Gasteiger charge is -2.43. The summed E-state index contributed by atoms with van der Waals surface area (Å²) in [4.78, 5) is 0. The number of hydrogen-bond acceptors (Lipinski definition) is 0. The molecule has 1 aliphatic heterocycles. The number of rotatable bonds is 4. The summed E-state index contributed by atoms with van der Waals surface area (Å²) in [5, 5.41) is 0. The molecular weight excluding hydrogens is 214 g/mol. The van der Waals surface area contributed by atoms with Gasteiger partial charge in [-0.1, -0.05) is 19.8 Å². The molecule has 0 radical (unpaired) electrons. The molecule has 0 amide bonds. The van der Waals surface area contributed by atoms with E-state index in [0.29, 0.717) is 0 Å². The Morgan fingerprint density at radius 3 is 2.00 bits per heavy atom. The number of unbranched alkanes of at least 4 members (excludes halogenated alkanes) is 1. The largest absolute Gasteiger partial charge is 0.412 e. The quantitative estimate of drug-likeness (QED) is 0.682. The van der Waals surface area contributed by atoms with E-state index in [-0.39, 0.29) is 11.0 Å². The Labute approximate surface area is 106 Å². The summed E-state index contributed by atoms with van der Waals surface area (Å²) >= 11 is 0. The fourth-order valence-corrected chi connectivity index (χ4v) is 3.84. The molecule has 1 aliphatic carbocycles. The van der Waals surface area contributed by atoms with Crippen LogP contribution in [-0.4, -0.2) is 41.1 Å². The minimum atomic E-state index is 0. The Morgan fingerprint density at radius 1 is 0.882 bits per heavy atom. The van der Waals surface area contributed by atoms with Crippen molar-refractivity contribution < 1.29 is 15.4 Å². The summed E-state index contributed by atoms with van der Waals surface area (Å²) in [5.41, 5.74) is 0. The van der Waals surface area contributed by atoms with Crippen molar-refractivity contribution in [2.45, 2.75) is 70.8 Å². The first-order valence-electron chi connectivity index (χ1n) is 7.23. The summed E-state index contributed by atoms with van der Waals surface area (Å²) < 4.78 is 1.52. The Hall–Kier alpha value is -0.120. The zero-order valence-electron chi connectivity index (χ0n) is 11.5. The maximum Gasteiger partial charge on any atom is 0.0890 e. The highest BCUT2D eigenvalue weighted by Crippen LogP contribution is 2.33. The Morgan fingerprint density at radius 2 is 1.47 bits per heavy atom. The first-order valence-corrected chi connectivity index (χ1v) is 7.23. The lowest BCUT2D eigenvalue weighted by molar-refractivity contribution is -0.941. The molecule has 0 aromatic heterocycles. The van der Waals surface area contributed by atoms with Crippen LogP contribution in [0, 0.1) is 0 Å².